The van der Waals surface area contributed by atoms with Gasteiger partial charge in [-0.3, -0.25) is 14.9 Å². The molecule has 0 aliphatic carbocycles. The highest BCUT2D eigenvalue weighted by molar-refractivity contribution is 5.83. The van der Waals surface area contributed by atoms with Gasteiger partial charge in [-0.2, -0.15) is 5.10 Å². The fraction of sp³-hybridized carbons (Fsp3) is 0.111. The number of nitro benzene ring substituents is 1. The van der Waals surface area contributed by atoms with Crippen molar-refractivity contribution in [3.05, 3.63) is 82.4 Å². The monoisotopic (exact) mass is 339 g/mol. The predicted octanol–water partition coefficient (Wildman–Crippen LogP) is 2.85. The van der Waals surface area contributed by atoms with Crippen LogP contribution in [0.3, 0.4) is 0 Å². The summed E-state index contributed by atoms with van der Waals surface area (Å²) in [6, 6.07) is 13.2. The van der Waals surface area contributed by atoms with Gasteiger partial charge >= 0.3 is 0 Å². The minimum absolute atomic E-state index is 0.00669. The third kappa shape index (κ3) is 5.58. The van der Waals surface area contributed by atoms with Gasteiger partial charge in [-0.1, -0.05) is 24.3 Å². The summed E-state index contributed by atoms with van der Waals surface area (Å²) in [5.41, 5.74) is 3.91. The lowest BCUT2D eigenvalue weighted by molar-refractivity contribution is -0.384. The fourth-order valence-electron chi connectivity index (χ4n) is 2.01. The summed E-state index contributed by atoms with van der Waals surface area (Å²) in [4.78, 5) is 21.8. The molecule has 25 heavy (non-hydrogen) atoms. The van der Waals surface area contributed by atoms with Crippen molar-refractivity contribution in [2.45, 2.75) is 6.42 Å². The normalized spacial score (nSPS) is 10.4. The van der Waals surface area contributed by atoms with Crippen molar-refractivity contribution in [2.75, 3.05) is 6.61 Å². The molecule has 0 spiro atoms. The van der Waals surface area contributed by atoms with Crippen molar-refractivity contribution in [3.63, 3.8) is 0 Å². The summed E-state index contributed by atoms with van der Waals surface area (Å²) < 4.78 is 5.49. The molecule has 0 radical (unpaired) electrons. The summed E-state index contributed by atoms with van der Waals surface area (Å²) >= 11 is 0. The molecule has 1 N–H and O–H groups in total. The van der Waals surface area contributed by atoms with Gasteiger partial charge in [0.1, 0.15) is 5.75 Å². The number of hydrogen-bond acceptors (Lipinski definition) is 5. The number of carbonyl (C=O) groups is 1. The number of amides is 1. The van der Waals surface area contributed by atoms with Gasteiger partial charge in [0.25, 0.3) is 11.6 Å². The van der Waals surface area contributed by atoms with Gasteiger partial charge in [0.2, 0.25) is 0 Å². The maximum atomic E-state index is 11.8. The van der Waals surface area contributed by atoms with Crippen molar-refractivity contribution < 1.29 is 14.5 Å². The molecule has 0 heterocycles. The maximum Gasteiger partial charge on any atom is 0.277 e. The Morgan fingerprint density at radius 3 is 2.64 bits per heavy atom. The first kappa shape index (κ1) is 17.9. The minimum atomic E-state index is -0.482. The van der Waals surface area contributed by atoms with Crippen LogP contribution < -0.4 is 10.2 Å². The van der Waals surface area contributed by atoms with E-state index in [0.29, 0.717) is 17.7 Å². The third-order valence-electron chi connectivity index (χ3n) is 3.20. The van der Waals surface area contributed by atoms with Crippen LogP contribution in [0.5, 0.6) is 5.75 Å². The van der Waals surface area contributed by atoms with Crippen molar-refractivity contribution in [1.29, 1.82) is 0 Å². The van der Waals surface area contributed by atoms with Gasteiger partial charge in [-0.15, -0.1) is 6.58 Å². The number of nitro groups is 1. The molecule has 128 valence electrons. The van der Waals surface area contributed by atoms with E-state index in [1.54, 1.807) is 12.1 Å². The second-order valence-corrected chi connectivity index (χ2v) is 5.03. The molecule has 0 fully saturated rings. The number of ether oxygens (including phenoxy) is 1. The Bertz CT molecular complexity index is 785. The summed E-state index contributed by atoms with van der Waals surface area (Å²) in [5.74, 6) is 0.212. The maximum absolute atomic E-state index is 11.8. The quantitative estimate of drug-likeness (QED) is 0.346. The molecule has 2 aromatic rings. The highest BCUT2D eigenvalue weighted by atomic mass is 16.6. The van der Waals surface area contributed by atoms with E-state index in [1.807, 2.05) is 18.2 Å². The average Bonchev–Trinajstić information content (AvgIpc) is 2.62. The molecular weight excluding hydrogens is 322 g/mol. The van der Waals surface area contributed by atoms with E-state index < -0.39 is 10.8 Å². The zero-order valence-electron chi connectivity index (χ0n) is 13.4. The fourth-order valence-corrected chi connectivity index (χ4v) is 2.01. The van der Waals surface area contributed by atoms with Gasteiger partial charge in [0.05, 0.1) is 11.1 Å². The minimum Gasteiger partial charge on any atom is -0.483 e. The number of allylic oxidation sites excluding steroid dienone is 1. The number of nitrogens with zero attached hydrogens (tertiary/aromatic N) is 2. The molecule has 0 atom stereocenters. The van der Waals surface area contributed by atoms with E-state index in [-0.39, 0.29) is 12.3 Å². The number of benzene rings is 2. The van der Waals surface area contributed by atoms with Crippen LogP contribution in [-0.4, -0.2) is 23.7 Å². The van der Waals surface area contributed by atoms with Gasteiger partial charge in [0, 0.05) is 12.1 Å². The van der Waals surface area contributed by atoms with Crippen LogP contribution in [-0.2, 0) is 11.2 Å². The first-order valence-electron chi connectivity index (χ1n) is 7.48. The molecule has 0 aliphatic rings. The number of carbonyl (C=O) groups excluding carboxylic acids is 1. The van der Waals surface area contributed by atoms with Crippen molar-refractivity contribution in [1.82, 2.24) is 5.43 Å². The number of nitrogens with one attached hydrogen (secondary N) is 1. The molecule has 0 aromatic heterocycles. The lowest BCUT2D eigenvalue weighted by Gasteiger charge is -2.09. The van der Waals surface area contributed by atoms with Crippen LogP contribution in [0.2, 0.25) is 0 Å². The largest absolute Gasteiger partial charge is 0.483 e. The lowest BCUT2D eigenvalue weighted by Crippen LogP contribution is -2.24. The van der Waals surface area contributed by atoms with Crippen molar-refractivity contribution in [2.24, 2.45) is 5.10 Å². The Labute approximate surface area is 144 Å². The van der Waals surface area contributed by atoms with Gasteiger partial charge < -0.3 is 4.74 Å². The highest BCUT2D eigenvalue weighted by Crippen LogP contribution is 2.18. The van der Waals surface area contributed by atoms with E-state index in [0.717, 1.165) is 5.56 Å². The number of rotatable bonds is 8. The molecule has 7 heteroatoms. The van der Waals surface area contributed by atoms with E-state index in [2.05, 4.69) is 17.1 Å². The standard InChI is InChI=1S/C18H17N3O4/c1-2-5-15-6-3-4-7-17(15)25-13-18(22)20-19-12-14-8-10-16(11-9-14)21(23)24/h2-4,6-12H,1,5,13H2,(H,20,22)/b19-12-. The van der Waals surface area contributed by atoms with Crippen LogP contribution in [0.25, 0.3) is 0 Å². The summed E-state index contributed by atoms with van der Waals surface area (Å²) in [7, 11) is 0. The first-order chi connectivity index (χ1) is 12.1. The van der Waals surface area contributed by atoms with Crippen LogP contribution >= 0.6 is 0 Å². The summed E-state index contributed by atoms with van der Waals surface area (Å²) in [6.07, 6.45) is 3.81. The number of hydrazone groups is 1. The Hall–Kier alpha value is -3.48. The highest BCUT2D eigenvalue weighted by Gasteiger charge is 2.05. The second-order valence-electron chi connectivity index (χ2n) is 5.03. The first-order valence-corrected chi connectivity index (χ1v) is 7.48. The van der Waals surface area contributed by atoms with Crippen molar-refractivity contribution in [3.8, 4) is 5.75 Å². The lowest BCUT2D eigenvalue weighted by atomic mass is 10.1. The molecule has 0 bridgehead atoms. The van der Waals surface area contributed by atoms with Gasteiger partial charge in [-0.25, -0.2) is 5.43 Å². The molecule has 0 aliphatic heterocycles. The molecule has 1 amide bonds. The third-order valence-corrected chi connectivity index (χ3v) is 3.20. The van der Waals surface area contributed by atoms with Crippen LogP contribution in [0.1, 0.15) is 11.1 Å². The number of hydrogen-bond donors (Lipinski definition) is 1. The Balaban J connectivity index is 1.84. The predicted molar refractivity (Wildman–Crippen MR) is 94.7 cm³/mol. The van der Waals surface area contributed by atoms with Crippen LogP contribution in [0.15, 0.2) is 66.3 Å². The molecular formula is C18H17N3O4. The smallest absolute Gasteiger partial charge is 0.277 e. The van der Waals surface area contributed by atoms with E-state index >= 15 is 0 Å². The zero-order chi connectivity index (χ0) is 18.1. The summed E-state index contributed by atoms with van der Waals surface area (Å²) in [6.45, 7) is 3.51. The Kier molecular flexibility index (Phi) is 6.41. The molecule has 0 saturated carbocycles. The SMILES string of the molecule is C=CCc1ccccc1OCC(=O)N/N=C\c1ccc([N+](=O)[O-])cc1. The molecule has 2 aromatic carbocycles. The number of para-hydroxylation sites is 1. The van der Waals surface area contributed by atoms with Crippen LogP contribution in [0, 0.1) is 10.1 Å². The zero-order valence-corrected chi connectivity index (χ0v) is 13.4. The average molecular weight is 339 g/mol. The van der Waals surface area contributed by atoms with Gasteiger partial charge in [0.15, 0.2) is 6.61 Å². The Morgan fingerprint density at radius 2 is 1.96 bits per heavy atom. The van der Waals surface area contributed by atoms with Crippen LogP contribution in [0.4, 0.5) is 5.69 Å². The molecule has 0 unspecified atom stereocenters. The van der Waals surface area contributed by atoms with E-state index in [9.17, 15) is 14.9 Å². The topological polar surface area (TPSA) is 93.8 Å². The molecule has 7 nitrogen and oxygen atoms in total. The van der Waals surface area contributed by atoms with E-state index in [1.165, 1.54) is 30.5 Å². The van der Waals surface area contributed by atoms with E-state index in [4.69, 9.17) is 4.74 Å². The molecule has 0 saturated heterocycles. The molecule has 2 rings (SSSR count). The second kappa shape index (κ2) is 8.97. The van der Waals surface area contributed by atoms with Crippen molar-refractivity contribution >= 4 is 17.8 Å². The summed E-state index contributed by atoms with van der Waals surface area (Å²) in [5, 5.41) is 14.4. The Morgan fingerprint density at radius 1 is 1.24 bits per heavy atom. The number of non-ortho nitro benzene ring substituents is 1. The van der Waals surface area contributed by atoms with Gasteiger partial charge in [-0.05, 0) is 35.7 Å².